The number of carboxylic acids is 1. The van der Waals surface area contributed by atoms with Gasteiger partial charge in [0.2, 0.25) is 10.3 Å². The molecule has 0 radical (unpaired) electrons. The fraction of sp³-hybridized carbons (Fsp3) is 0.262. The highest BCUT2D eigenvalue weighted by Crippen LogP contribution is 2.30. The van der Waals surface area contributed by atoms with E-state index in [2.05, 4.69) is 71.4 Å². The minimum Gasteiger partial charge on any atom is -0.476 e. The van der Waals surface area contributed by atoms with Crippen molar-refractivity contribution in [2.24, 2.45) is 0 Å². The van der Waals surface area contributed by atoms with Crippen LogP contribution in [-0.2, 0) is 24.4 Å². The van der Waals surface area contributed by atoms with E-state index >= 15 is 0 Å². The number of hydrogen-bond acceptors (Lipinski definition) is 24. The lowest BCUT2D eigenvalue weighted by atomic mass is 10.2. The first-order valence-electron chi connectivity index (χ1n) is 23.1. The number of anilines is 3. The number of rotatable bonds is 16. The zero-order chi connectivity index (χ0) is 56.7. The fourth-order valence-electron chi connectivity index (χ4n) is 8.12. The predicted molar refractivity (Wildman–Crippen MR) is 279 cm³/mol. The quantitative estimate of drug-likeness (QED) is 0.0677. The van der Waals surface area contributed by atoms with E-state index in [9.17, 15) is 37.2 Å². The standard InChI is InChI=1S/C15H15N7O3S.C13H14N4O4.C12H11N7O6S2.C2H3N3S/c1-2-5-25-22-11-6-10(7-20(8-11)15(22)24)21-4-3-12(19-21)13(23)18-14-16-9-17-26-14;1-2-5-21-17-10-6-9(7-15(8-10)13(17)20)16-4-3-11(14-16)12(18)19;20-10(15-11-13-6-14-26-11)9-1-2-18(16-9)7-3-8-5-17(4-7)12(21)19(8)25-27(22,23)24;3-2-4-1-5-6-2/h2-4,6,9,11H,1,5,7-8H2,(H,16,17,18,23);2-4,6,10H,1,5,7-8H2,(H,18,19);1-3,6,8H,4-5H2,(H,22,23,24)(H,13,14,15,20);1H,(H2,3,4,5). The van der Waals surface area contributed by atoms with Gasteiger partial charge in [0.05, 0.1) is 62.0 Å². The second-order valence-corrected chi connectivity index (χ2v) is 20.1. The third-order valence-electron chi connectivity index (χ3n) is 11.4. The SMILES string of the molecule is C=CCON1C(=O)N2CC(n3ccc(C(=O)Nc4ncns4)n3)=CC1C2.C=CCON1C(=O)N2CC(n3ccc(C(=O)O)n3)=CC1C2.Nc1ncns1.O=C(Nc1ncns1)c1ccn(C2=CC3CN(C2)C(=O)N3OS(=O)(=O)O)n1. The number of amides is 8. The molecule has 8 amide bonds. The molecule has 0 saturated carbocycles. The number of nitrogens with two attached hydrogens (primary N) is 1. The van der Waals surface area contributed by atoms with Crippen molar-refractivity contribution in [1.29, 1.82) is 0 Å². The molecular weight excluding hydrogens is 1130 g/mol. The van der Waals surface area contributed by atoms with E-state index < -0.39 is 34.3 Å². The summed E-state index contributed by atoms with van der Waals surface area (Å²) in [6.45, 7) is 9.84. The number of carbonyl (C=O) groups is 6. The summed E-state index contributed by atoms with van der Waals surface area (Å²) in [7, 11) is -4.83. The summed E-state index contributed by atoms with van der Waals surface area (Å²) in [5.41, 5.74) is 7.55. The topological polar surface area (TPSA) is 405 Å². The Morgan fingerprint density at radius 3 is 1.36 bits per heavy atom. The van der Waals surface area contributed by atoms with Gasteiger partial charge in [-0.1, -0.05) is 12.2 Å². The monoisotopic (exact) mass is 1180 g/mol. The molecule has 6 aromatic rings. The summed E-state index contributed by atoms with van der Waals surface area (Å²) in [4.78, 5) is 98.6. The number of urea groups is 3. The van der Waals surface area contributed by atoms with E-state index in [1.807, 2.05) is 12.2 Å². The first-order valence-corrected chi connectivity index (χ1v) is 26.7. The highest BCUT2D eigenvalue weighted by atomic mass is 32.3. The van der Waals surface area contributed by atoms with Crippen molar-refractivity contribution >= 4 is 113 Å². The molecule has 6 aliphatic rings. The number of carbonyl (C=O) groups excluding carboxylic acids is 5. The molecule has 3 atom stereocenters. The van der Waals surface area contributed by atoms with Crippen molar-refractivity contribution in [3.8, 4) is 0 Å². The molecule has 3 saturated heterocycles. The third-order valence-corrected chi connectivity index (χ3v) is 13.4. The third kappa shape index (κ3) is 13.0. The Hall–Kier alpha value is -9.18. The van der Waals surface area contributed by atoms with Gasteiger partial charge in [0.25, 0.3) is 11.8 Å². The van der Waals surface area contributed by atoms with Crippen LogP contribution in [0.4, 0.5) is 29.8 Å². The van der Waals surface area contributed by atoms with Gasteiger partial charge in [-0.05, 0) is 36.4 Å². The number of fused-ring (bicyclic) bond motifs is 6. The van der Waals surface area contributed by atoms with Crippen LogP contribution < -0.4 is 16.4 Å². The zero-order valence-corrected chi connectivity index (χ0v) is 44.3. The van der Waals surface area contributed by atoms with Crippen LogP contribution in [0.2, 0.25) is 0 Å². The Morgan fingerprint density at radius 2 is 1.02 bits per heavy atom. The number of hydroxylamine groups is 6. The lowest BCUT2D eigenvalue weighted by Crippen LogP contribution is -2.35. The van der Waals surface area contributed by atoms with E-state index in [4.69, 9.17) is 25.1 Å². The molecule has 0 aliphatic carbocycles. The zero-order valence-electron chi connectivity index (χ0n) is 41.0. The van der Waals surface area contributed by atoms with E-state index in [1.54, 1.807) is 51.2 Å². The maximum absolute atomic E-state index is 12.3. The number of aromatic carboxylic acids is 1. The van der Waals surface area contributed by atoms with Crippen LogP contribution in [0.1, 0.15) is 31.5 Å². The molecule has 0 aromatic carbocycles. The molecule has 3 fully saturated rings. The summed E-state index contributed by atoms with van der Waals surface area (Å²) in [6.07, 6.45) is 17.4. The van der Waals surface area contributed by atoms with Gasteiger partial charge in [0, 0.05) is 72.8 Å². The Balaban J connectivity index is 0.000000139. The van der Waals surface area contributed by atoms with Crippen molar-refractivity contribution < 1.29 is 60.8 Å². The van der Waals surface area contributed by atoms with Crippen LogP contribution in [0.15, 0.2) is 99.3 Å². The van der Waals surface area contributed by atoms with Crippen LogP contribution in [-0.4, -0.2) is 212 Å². The highest BCUT2D eigenvalue weighted by molar-refractivity contribution is 7.80. The molecular formula is C42H43N21O13S4. The second kappa shape index (κ2) is 24.2. The highest BCUT2D eigenvalue weighted by Gasteiger charge is 2.45. The lowest BCUT2D eigenvalue weighted by Gasteiger charge is -2.21. The first kappa shape index (κ1) is 55.6. The number of carboxylic acid groups (broad SMARTS) is 1. The van der Waals surface area contributed by atoms with Gasteiger partial charge >= 0.3 is 34.5 Å². The molecule has 6 bridgehead atoms. The Kier molecular flexibility index (Phi) is 16.8. The van der Waals surface area contributed by atoms with E-state index in [1.165, 1.54) is 73.2 Å². The number of nitrogen functional groups attached to an aromatic ring is 1. The van der Waals surface area contributed by atoms with Crippen LogP contribution in [0.25, 0.3) is 17.1 Å². The van der Waals surface area contributed by atoms with Gasteiger partial charge in [-0.2, -0.15) is 52.0 Å². The van der Waals surface area contributed by atoms with Gasteiger partial charge in [0.1, 0.15) is 25.0 Å². The minimum absolute atomic E-state index is 0.0325. The van der Waals surface area contributed by atoms with Crippen molar-refractivity contribution in [2.75, 3.05) is 68.8 Å². The van der Waals surface area contributed by atoms with Crippen molar-refractivity contribution in [1.82, 2.24) is 87.3 Å². The van der Waals surface area contributed by atoms with Crippen LogP contribution in [0.3, 0.4) is 0 Å². The Morgan fingerprint density at radius 1 is 0.637 bits per heavy atom. The maximum Gasteiger partial charge on any atom is 0.418 e. The second-order valence-electron chi connectivity index (χ2n) is 16.7. The van der Waals surface area contributed by atoms with Gasteiger partial charge in [-0.15, -0.1) is 17.4 Å². The Bertz CT molecular complexity index is 3490. The molecule has 34 nitrogen and oxygen atoms in total. The molecule has 80 heavy (non-hydrogen) atoms. The fourth-order valence-corrected chi connectivity index (χ4v) is 9.65. The predicted octanol–water partition coefficient (Wildman–Crippen LogP) is 1.53. The number of hydrogen-bond donors (Lipinski definition) is 5. The molecule has 12 heterocycles. The van der Waals surface area contributed by atoms with Gasteiger partial charge in [0.15, 0.2) is 22.2 Å². The minimum atomic E-state index is -4.83. The summed E-state index contributed by atoms with van der Waals surface area (Å²) in [5, 5.41) is 31.0. The van der Waals surface area contributed by atoms with Crippen molar-refractivity contribution in [3.63, 3.8) is 0 Å². The molecule has 3 unspecified atom stereocenters. The van der Waals surface area contributed by atoms with Crippen LogP contribution >= 0.6 is 34.6 Å². The van der Waals surface area contributed by atoms with Gasteiger partial charge < -0.3 is 25.5 Å². The van der Waals surface area contributed by atoms with Crippen molar-refractivity contribution in [3.05, 3.63) is 116 Å². The molecule has 6 aliphatic heterocycles. The first-order chi connectivity index (χ1) is 38.4. The largest absolute Gasteiger partial charge is 0.476 e. The number of nitrogens with one attached hydrogen (secondary N) is 2. The smallest absolute Gasteiger partial charge is 0.418 e. The summed E-state index contributed by atoms with van der Waals surface area (Å²) in [6, 6.07) is 2.27. The number of nitrogens with zero attached hydrogens (tertiary/aromatic N) is 18. The van der Waals surface area contributed by atoms with Crippen LogP contribution in [0, 0.1) is 0 Å². The summed E-state index contributed by atoms with van der Waals surface area (Å²) < 4.78 is 50.7. The van der Waals surface area contributed by atoms with Crippen molar-refractivity contribution in [2.45, 2.75) is 18.1 Å². The molecule has 6 N–H and O–H groups in total. The van der Waals surface area contributed by atoms with E-state index in [0.717, 1.165) is 34.5 Å². The normalized spacial score (nSPS) is 18.7. The van der Waals surface area contributed by atoms with E-state index in [-0.39, 0.29) is 73.4 Å². The summed E-state index contributed by atoms with van der Waals surface area (Å²) in [5.74, 6) is -1.93. The Labute approximate surface area is 462 Å². The molecule has 6 aromatic heterocycles. The van der Waals surface area contributed by atoms with Gasteiger partial charge in [-0.25, -0.2) is 48.2 Å². The lowest BCUT2D eigenvalue weighted by molar-refractivity contribution is -0.107. The average Bonchev–Trinajstić information content (AvgIpc) is 4.35. The molecule has 12 rings (SSSR count). The van der Waals surface area contributed by atoms with Gasteiger partial charge in [-0.3, -0.25) is 34.5 Å². The molecule has 418 valence electrons. The van der Waals surface area contributed by atoms with Crippen LogP contribution in [0.5, 0.6) is 0 Å². The number of aromatic nitrogens is 12. The maximum atomic E-state index is 12.3. The average molecular weight is 1180 g/mol. The van der Waals surface area contributed by atoms with E-state index in [0.29, 0.717) is 52.3 Å². The molecule has 38 heteroatoms. The molecule has 0 spiro atoms. The summed E-state index contributed by atoms with van der Waals surface area (Å²) >= 11 is 3.30.